The van der Waals surface area contributed by atoms with E-state index < -0.39 is 12.1 Å². The molecule has 3 fully saturated rings. The van der Waals surface area contributed by atoms with Gasteiger partial charge >= 0.3 is 12.1 Å². The number of carbonyl (C=O) groups excluding carboxylic acids is 1. The number of amides is 1. The molecule has 2 aromatic rings. The van der Waals surface area contributed by atoms with Gasteiger partial charge in [-0.1, -0.05) is 17.3 Å². The van der Waals surface area contributed by atoms with Crippen molar-refractivity contribution in [3.05, 3.63) is 35.7 Å². The second-order valence-electron chi connectivity index (χ2n) is 7.80. The molecule has 28 heavy (non-hydrogen) atoms. The first-order valence-corrected chi connectivity index (χ1v) is 9.22. The monoisotopic (exact) mass is 393 g/mol. The number of carbonyl (C=O) groups is 1. The number of fused-ring (bicyclic) bond motifs is 1. The maximum Gasteiger partial charge on any atom is 0.471 e. The zero-order valence-corrected chi connectivity index (χ0v) is 15.0. The lowest BCUT2D eigenvalue weighted by Crippen LogP contribution is -2.44. The number of halogens is 3. The summed E-state index contributed by atoms with van der Waals surface area (Å²) in [6.07, 6.45) is -2.36. The molecule has 1 saturated heterocycles. The topological polar surface area (TPSA) is 68.5 Å². The maximum atomic E-state index is 13.1. The van der Waals surface area contributed by atoms with Gasteiger partial charge < -0.3 is 14.2 Å². The summed E-state index contributed by atoms with van der Waals surface area (Å²) in [6.45, 7) is 0.742. The first-order valence-electron chi connectivity index (χ1n) is 9.22. The molecule has 0 spiro atoms. The molecule has 0 N–H and O–H groups in total. The summed E-state index contributed by atoms with van der Waals surface area (Å²) in [4.78, 5) is 18.4. The van der Waals surface area contributed by atoms with Crippen LogP contribution in [0.25, 0.3) is 11.4 Å². The predicted octanol–water partition coefficient (Wildman–Crippen LogP) is 3.25. The number of methoxy groups -OCH3 is 1. The van der Waals surface area contributed by atoms with Crippen molar-refractivity contribution in [3.8, 4) is 11.4 Å². The Bertz CT molecular complexity index is 909. The van der Waals surface area contributed by atoms with Crippen LogP contribution in [-0.2, 0) is 10.9 Å². The van der Waals surface area contributed by atoms with E-state index in [0.717, 1.165) is 19.4 Å². The van der Waals surface area contributed by atoms with Crippen LogP contribution in [-0.4, -0.2) is 46.7 Å². The fourth-order valence-corrected chi connectivity index (χ4v) is 5.34. The van der Waals surface area contributed by atoms with E-state index >= 15 is 0 Å². The average Bonchev–Trinajstić information content (AvgIpc) is 3.40. The van der Waals surface area contributed by atoms with Crippen molar-refractivity contribution in [3.63, 3.8) is 0 Å². The van der Waals surface area contributed by atoms with Crippen molar-refractivity contribution in [2.75, 3.05) is 13.7 Å². The molecule has 0 unspecified atom stereocenters. The lowest BCUT2D eigenvalue weighted by Gasteiger charge is -2.31. The van der Waals surface area contributed by atoms with E-state index in [0.29, 0.717) is 28.9 Å². The van der Waals surface area contributed by atoms with Crippen molar-refractivity contribution < 1.29 is 27.2 Å². The number of benzene rings is 1. The zero-order valence-electron chi connectivity index (χ0n) is 15.0. The quantitative estimate of drug-likeness (QED) is 0.801. The van der Waals surface area contributed by atoms with Crippen LogP contribution in [0.2, 0.25) is 0 Å². The molecule has 6 nitrogen and oxygen atoms in total. The SMILES string of the molecule is CO[C@@H]1[C@H]2C[C@@H]3CN(C(=O)c4ccc(-c5noc(C(F)(F)F)n5)cc4)[C@@H]1[C@H]3C2. The largest absolute Gasteiger partial charge is 0.471 e. The van der Waals surface area contributed by atoms with Gasteiger partial charge in [-0.3, -0.25) is 4.79 Å². The highest BCUT2D eigenvalue weighted by molar-refractivity contribution is 5.95. The van der Waals surface area contributed by atoms with Crippen LogP contribution < -0.4 is 0 Å². The minimum absolute atomic E-state index is 0.0715. The minimum Gasteiger partial charge on any atom is -0.379 e. The van der Waals surface area contributed by atoms with Crippen molar-refractivity contribution >= 4 is 5.91 Å². The van der Waals surface area contributed by atoms with E-state index in [1.165, 1.54) is 12.1 Å². The Kier molecular flexibility index (Phi) is 3.81. The molecule has 1 aliphatic heterocycles. The van der Waals surface area contributed by atoms with Crippen molar-refractivity contribution in [2.24, 2.45) is 17.8 Å². The Morgan fingerprint density at radius 3 is 2.61 bits per heavy atom. The van der Waals surface area contributed by atoms with Crippen LogP contribution in [0.15, 0.2) is 28.8 Å². The van der Waals surface area contributed by atoms with Gasteiger partial charge in [-0.05, 0) is 42.7 Å². The molecule has 1 aromatic heterocycles. The summed E-state index contributed by atoms with van der Waals surface area (Å²) in [6, 6.07) is 6.38. The van der Waals surface area contributed by atoms with Crippen LogP contribution in [0, 0.1) is 17.8 Å². The van der Waals surface area contributed by atoms with Gasteiger partial charge in [-0.2, -0.15) is 18.2 Å². The lowest BCUT2D eigenvalue weighted by molar-refractivity contribution is -0.159. The summed E-state index contributed by atoms with van der Waals surface area (Å²) < 4.78 is 47.8. The van der Waals surface area contributed by atoms with Gasteiger partial charge in [-0.15, -0.1) is 0 Å². The molecule has 2 aliphatic carbocycles. The molecule has 2 bridgehead atoms. The molecule has 1 aromatic carbocycles. The molecule has 5 rings (SSSR count). The maximum absolute atomic E-state index is 13.1. The van der Waals surface area contributed by atoms with Gasteiger partial charge in [0, 0.05) is 24.8 Å². The third-order valence-corrected chi connectivity index (χ3v) is 6.41. The fourth-order valence-electron chi connectivity index (χ4n) is 5.34. The molecule has 5 atom stereocenters. The molecule has 9 heteroatoms. The molecular weight excluding hydrogens is 375 g/mol. The second-order valence-corrected chi connectivity index (χ2v) is 7.80. The summed E-state index contributed by atoms with van der Waals surface area (Å²) in [5.74, 6) is -0.0350. The van der Waals surface area contributed by atoms with Crippen LogP contribution in [0.3, 0.4) is 0 Å². The number of aromatic nitrogens is 2. The highest BCUT2D eigenvalue weighted by Crippen LogP contribution is 2.56. The van der Waals surface area contributed by atoms with Gasteiger partial charge in [-0.25, -0.2) is 0 Å². The van der Waals surface area contributed by atoms with E-state index in [1.54, 1.807) is 19.2 Å². The number of hydrogen-bond donors (Lipinski definition) is 0. The Morgan fingerprint density at radius 1 is 1.21 bits per heavy atom. The van der Waals surface area contributed by atoms with Gasteiger partial charge in [0.1, 0.15) is 0 Å². The molecule has 148 valence electrons. The Labute approximate surface area is 158 Å². The number of hydrogen-bond acceptors (Lipinski definition) is 5. The van der Waals surface area contributed by atoms with E-state index in [2.05, 4.69) is 14.7 Å². The first kappa shape index (κ1) is 17.7. The summed E-state index contributed by atoms with van der Waals surface area (Å²) in [5, 5.41) is 3.37. The van der Waals surface area contributed by atoms with Gasteiger partial charge in [0.05, 0.1) is 12.1 Å². The highest BCUT2D eigenvalue weighted by Gasteiger charge is 2.60. The summed E-state index contributed by atoms with van der Waals surface area (Å²) >= 11 is 0. The number of nitrogens with zero attached hydrogens (tertiary/aromatic N) is 3. The van der Waals surface area contributed by atoms with Crippen molar-refractivity contribution in [1.29, 1.82) is 0 Å². The number of ether oxygens (including phenoxy) is 1. The van der Waals surface area contributed by atoms with Crippen molar-refractivity contribution in [1.82, 2.24) is 15.0 Å². The average molecular weight is 393 g/mol. The van der Waals surface area contributed by atoms with E-state index in [9.17, 15) is 18.0 Å². The van der Waals surface area contributed by atoms with Crippen LogP contribution in [0.4, 0.5) is 13.2 Å². The van der Waals surface area contributed by atoms with E-state index in [4.69, 9.17) is 4.74 Å². The standard InChI is InChI=1S/C19H18F3N3O3/c1-27-15-11-6-12-8-25(14(15)13(12)7-11)17(26)10-4-2-9(3-5-10)16-23-18(28-24-16)19(20,21)22/h2-5,11-15H,6-8H2,1H3/t11-,12+,13-,14+,15+/m0/s1. The molecular formula is C19H18F3N3O3. The number of alkyl halides is 3. The number of rotatable bonds is 3. The van der Waals surface area contributed by atoms with Crippen LogP contribution >= 0.6 is 0 Å². The van der Waals surface area contributed by atoms with Crippen molar-refractivity contribution in [2.45, 2.75) is 31.2 Å². The zero-order chi connectivity index (χ0) is 19.6. The smallest absolute Gasteiger partial charge is 0.379 e. The molecule has 2 saturated carbocycles. The van der Waals surface area contributed by atoms with E-state index in [1.807, 2.05) is 4.90 Å². The normalized spacial score (nSPS) is 31.0. The Hall–Kier alpha value is -2.42. The van der Waals surface area contributed by atoms with Crippen LogP contribution in [0.1, 0.15) is 29.1 Å². The molecule has 1 amide bonds. The summed E-state index contributed by atoms with van der Waals surface area (Å²) in [5.41, 5.74) is 0.843. The highest BCUT2D eigenvalue weighted by atomic mass is 19.4. The summed E-state index contributed by atoms with van der Waals surface area (Å²) in [7, 11) is 1.70. The molecule has 2 heterocycles. The third-order valence-electron chi connectivity index (χ3n) is 6.41. The second kappa shape index (κ2) is 6.04. The Morgan fingerprint density at radius 2 is 1.96 bits per heavy atom. The third kappa shape index (κ3) is 2.56. The van der Waals surface area contributed by atoms with Gasteiger partial charge in [0.15, 0.2) is 0 Å². The molecule has 3 aliphatic rings. The minimum atomic E-state index is -4.69. The predicted molar refractivity (Wildman–Crippen MR) is 90.1 cm³/mol. The first-order chi connectivity index (χ1) is 13.4. The molecule has 0 radical (unpaired) electrons. The Balaban J connectivity index is 1.36. The van der Waals surface area contributed by atoms with Gasteiger partial charge in [0.25, 0.3) is 5.91 Å². The fraction of sp³-hybridized carbons (Fsp3) is 0.526. The van der Waals surface area contributed by atoms with Crippen LogP contribution in [0.5, 0.6) is 0 Å². The lowest BCUT2D eigenvalue weighted by atomic mass is 9.88. The van der Waals surface area contributed by atoms with E-state index in [-0.39, 0.29) is 23.9 Å². The van der Waals surface area contributed by atoms with Gasteiger partial charge in [0.2, 0.25) is 5.82 Å². The number of likely N-dealkylation sites (tertiary alicyclic amines) is 1.